The van der Waals surface area contributed by atoms with E-state index in [-0.39, 0.29) is 30.3 Å². The van der Waals surface area contributed by atoms with Crippen molar-refractivity contribution in [2.45, 2.75) is 51.6 Å². The molecule has 3 aromatic rings. The SMILES string of the molecule is CC[C@H](NCc1ccc(N2C(=O)c3c(C(=O)Nc4cccc(C#N)c4)cnn3C[C@@H]2C)cc1)C(F)(F)F. The summed E-state index contributed by atoms with van der Waals surface area (Å²) in [5.74, 6) is -0.947. The van der Waals surface area contributed by atoms with Gasteiger partial charge in [0.2, 0.25) is 0 Å². The number of amides is 2. The lowest BCUT2D eigenvalue weighted by atomic mass is 10.1. The second kappa shape index (κ2) is 10.4. The summed E-state index contributed by atoms with van der Waals surface area (Å²) < 4.78 is 40.5. The summed E-state index contributed by atoms with van der Waals surface area (Å²) in [6, 6.07) is 13.3. The number of aromatic nitrogens is 2. The molecule has 0 saturated heterocycles. The second-order valence-electron chi connectivity index (χ2n) is 8.81. The highest BCUT2D eigenvalue weighted by Crippen LogP contribution is 2.28. The Labute approximate surface area is 211 Å². The van der Waals surface area contributed by atoms with E-state index in [1.165, 1.54) is 23.9 Å². The molecule has 0 fully saturated rings. The molecule has 37 heavy (non-hydrogen) atoms. The molecule has 8 nitrogen and oxygen atoms in total. The van der Waals surface area contributed by atoms with Gasteiger partial charge in [-0.3, -0.25) is 14.3 Å². The zero-order valence-electron chi connectivity index (χ0n) is 20.2. The van der Waals surface area contributed by atoms with Gasteiger partial charge in [0.1, 0.15) is 11.7 Å². The van der Waals surface area contributed by atoms with Crippen LogP contribution in [-0.2, 0) is 13.1 Å². The van der Waals surface area contributed by atoms with E-state index in [1.54, 1.807) is 47.4 Å². The van der Waals surface area contributed by atoms with Crippen LogP contribution in [0.3, 0.4) is 0 Å². The Morgan fingerprint density at radius 3 is 2.62 bits per heavy atom. The zero-order valence-corrected chi connectivity index (χ0v) is 20.2. The Morgan fingerprint density at radius 1 is 1.24 bits per heavy atom. The lowest BCUT2D eigenvalue weighted by Gasteiger charge is -2.34. The number of benzene rings is 2. The number of nitrogens with zero attached hydrogens (tertiary/aromatic N) is 4. The third-order valence-electron chi connectivity index (χ3n) is 6.20. The van der Waals surface area contributed by atoms with E-state index in [2.05, 4.69) is 15.7 Å². The van der Waals surface area contributed by atoms with Crippen LogP contribution in [0.25, 0.3) is 0 Å². The minimum atomic E-state index is -4.32. The molecule has 1 aromatic heterocycles. The molecule has 0 spiro atoms. The number of nitriles is 1. The van der Waals surface area contributed by atoms with Gasteiger partial charge in [-0.15, -0.1) is 0 Å². The molecular formula is C26H25F3N6O2. The van der Waals surface area contributed by atoms with Gasteiger partial charge in [0.15, 0.2) is 0 Å². The number of rotatable bonds is 7. The maximum absolute atomic E-state index is 13.5. The summed E-state index contributed by atoms with van der Waals surface area (Å²) in [5, 5.41) is 18.5. The van der Waals surface area contributed by atoms with Crippen LogP contribution in [0.4, 0.5) is 24.5 Å². The number of hydrogen-bond donors (Lipinski definition) is 2. The van der Waals surface area contributed by atoms with Crippen LogP contribution >= 0.6 is 0 Å². The molecule has 0 radical (unpaired) electrons. The van der Waals surface area contributed by atoms with Gasteiger partial charge < -0.3 is 15.5 Å². The van der Waals surface area contributed by atoms with Crippen LogP contribution in [-0.4, -0.2) is 39.9 Å². The fraction of sp³-hybridized carbons (Fsp3) is 0.308. The molecule has 2 aromatic carbocycles. The molecule has 0 aliphatic carbocycles. The van der Waals surface area contributed by atoms with E-state index in [1.807, 2.05) is 13.0 Å². The second-order valence-corrected chi connectivity index (χ2v) is 8.81. The molecule has 0 bridgehead atoms. The number of anilines is 2. The molecule has 2 N–H and O–H groups in total. The van der Waals surface area contributed by atoms with Crippen molar-refractivity contribution in [3.05, 3.63) is 77.1 Å². The predicted molar refractivity (Wildman–Crippen MR) is 131 cm³/mol. The predicted octanol–water partition coefficient (Wildman–Crippen LogP) is 4.49. The van der Waals surface area contributed by atoms with Crippen molar-refractivity contribution in [3.8, 4) is 6.07 Å². The smallest absolute Gasteiger partial charge is 0.322 e. The Morgan fingerprint density at radius 2 is 1.97 bits per heavy atom. The lowest BCUT2D eigenvalue weighted by molar-refractivity contribution is -0.156. The zero-order chi connectivity index (χ0) is 26.7. The summed E-state index contributed by atoms with van der Waals surface area (Å²) >= 11 is 0. The van der Waals surface area contributed by atoms with Gasteiger partial charge in [0.25, 0.3) is 11.8 Å². The Kier molecular flexibility index (Phi) is 7.31. The summed E-state index contributed by atoms with van der Waals surface area (Å²) in [4.78, 5) is 28.0. The van der Waals surface area contributed by atoms with Crippen molar-refractivity contribution < 1.29 is 22.8 Å². The van der Waals surface area contributed by atoms with Crippen LogP contribution in [0, 0.1) is 11.3 Å². The van der Waals surface area contributed by atoms with E-state index < -0.39 is 24.0 Å². The van der Waals surface area contributed by atoms with E-state index in [0.29, 0.717) is 29.0 Å². The van der Waals surface area contributed by atoms with Crippen molar-refractivity contribution in [2.75, 3.05) is 10.2 Å². The molecule has 0 unspecified atom stereocenters. The monoisotopic (exact) mass is 510 g/mol. The first-order valence-corrected chi connectivity index (χ1v) is 11.7. The van der Waals surface area contributed by atoms with Crippen LogP contribution in [0.5, 0.6) is 0 Å². The fourth-order valence-corrected chi connectivity index (χ4v) is 4.31. The molecule has 2 heterocycles. The maximum atomic E-state index is 13.5. The third kappa shape index (κ3) is 5.49. The minimum Gasteiger partial charge on any atom is -0.322 e. The molecule has 192 valence electrons. The van der Waals surface area contributed by atoms with E-state index >= 15 is 0 Å². The van der Waals surface area contributed by atoms with Gasteiger partial charge in [-0.05, 0) is 49.2 Å². The first-order valence-electron chi connectivity index (χ1n) is 11.7. The Hall–Kier alpha value is -4.17. The molecule has 2 atom stereocenters. The summed E-state index contributed by atoms with van der Waals surface area (Å²) in [7, 11) is 0. The van der Waals surface area contributed by atoms with Crippen molar-refractivity contribution in [1.29, 1.82) is 5.26 Å². The minimum absolute atomic E-state index is 0.0336. The van der Waals surface area contributed by atoms with Gasteiger partial charge >= 0.3 is 6.18 Å². The number of carbonyl (C=O) groups is 2. The van der Waals surface area contributed by atoms with Crippen LogP contribution < -0.4 is 15.5 Å². The van der Waals surface area contributed by atoms with E-state index in [9.17, 15) is 22.8 Å². The highest BCUT2D eigenvalue weighted by atomic mass is 19.4. The van der Waals surface area contributed by atoms with Gasteiger partial charge in [0.05, 0.1) is 36.0 Å². The highest BCUT2D eigenvalue weighted by Gasteiger charge is 2.38. The molecular weight excluding hydrogens is 485 g/mol. The van der Waals surface area contributed by atoms with E-state index in [4.69, 9.17) is 5.26 Å². The highest BCUT2D eigenvalue weighted by molar-refractivity contribution is 6.15. The fourth-order valence-electron chi connectivity index (χ4n) is 4.31. The molecule has 4 rings (SSSR count). The Balaban J connectivity index is 1.52. The third-order valence-corrected chi connectivity index (χ3v) is 6.20. The first-order chi connectivity index (χ1) is 17.6. The first kappa shape index (κ1) is 25.9. The number of alkyl halides is 3. The summed E-state index contributed by atoms with van der Waals surface area (Å²) in [6.45, 7) is 3.71. The molecule has 2 amide bonds. The molecule has 11 heteroatoms. The topological polar surface area (TPSA) is 103 Å². The normalized spacial score (nSPS) is 16.2. The van der Waals surface area contributed by atoms with E-state index in [0.717, 1.165) is 0 Å². The van der Waals surface area contributed by atoms with Crippen molar-refractivity contribution in [1.82, 2.24) is 15.1 Å². The quantitative estimate of drug-likeness (QED) is 0.488. The largest absolute Gasteiger partial charge is 0.403 e. The van der Waals surface area contributed by atoms with Gasteiger partial charge in [-0.1, -0.05) is 25.1 Å². The van der Waals surface area contributed by atoms with Crippen molar-refractivity contribution >= 4 is 23.2 Å². The van der Waals surface area contributed by atoms with Crippen molar-refractivity contribution in [3.63, 3.8) is 0 Å². The number of carbonyl (C=O) groups excluding carboxylic acids is 2. The molecule has 0 saturated carbocycles. The van der Waals surface area contributed by atoms with Gasteiger partial charge in [-0.2, -0.15) is 23.5 Å². The average Bonchev–Trinajstić information content (AvgIpc) is 3.29. The number of hydrogen-bond acceptors (Lipinski definition) is 5. The molecule has 1 aliphatic rings. The number of halogens is 3. The lowest BCUT2D eigenvalue weighted by Crippen LogP contribution is -2.47. The Bertz CT molecular complexity index is 1340. The standard InChI is InChI=1S/C26H25F3N6O2/c1-3-22(26(27,28)29)31-13-17-7-9-20(10-8-17)35-16(2)15-34-23(25(35)37)21(14-32-34)24(36)33-19-6-4-5-18(11-19)12-30/h4-11,14,16,22,31H,3,13,15H2,1-2H3,(H,33,36)/t16-,22-/m0/s1. The average molecular weight is 511 g/mol. The van der Waals surface area contributed by atoms with Gasteiger partial charge in [-0.25, -0.2) is 0 Å². The van der Waals surface area contributed by atoms with Crippen LogP contribution in [0.15, 0.2) is 54.7 Å². The maximum Gasteiger partial charge on any atom is 0.403 e. The van der Waals surface area contributed by atoms with Crippen LogP contribution in [0.2, 0.25) is 0 Å². The summed E-state index contributed by atoms with van der Waals surface area (Å²) in [6.07, 6.45) is -3.06. The summed E-state index contributed by atoms with van der Waals surface area (Å²) in [5.41, 5.74) is 2.24. The number of nitrogens with one attached hydrogen (secondary N) is 2. The van der Waals surface area contributed by atoms with Crippen LogP contribution in [0.1, 0.15) is 52.2 Å². The van der Waals surface area contributed by atoms with Crippen molar-refractivity contribution in [2.24, 2.45) is 0 Å². The van der Waals surface area contributed by atoms with Gasteiger partial charge in [0, 0.05) is 17.9 Å². The molecule has 1 aliphatic heterocycles. The number of fused-ring (bicyclic) bond motifs is 1.